The number of methoxy groups -OCH3 is 2. The molecule has 0 radical (unpaired) electrons. The van der Waals surface area contributed by atoms with Crippen LogP contribution >= 0.6 is 24.0 Å². The molecule has 0 spiro atoms. The Morgan fingerprint density at radius 2 is 2.00 bits per heavy atom. The molecule has 2 N–H and O–H groups in total. The Morgan fingerprint density at radius 1 is 1.25 bits per heavy atom. The molecule has 28 heavy (non-hydrogen) atoms. The van der Waals surface area contributed by atoms with Gasteiger partial charge in [0.05, 0.1) is 20.8 Å². The van der Waals surface area contributed by atoms with Crippen LogP contribution in [0.5, 0.6) is 11.5 Å². The van der Waals surface area contributed by atoms with Crippen LogP contribution in [0.4, 0.5) is 13.2 Å². The Bertz CT molecular complexity index is 644. The molecule has 1 aliphatic rings. The SMILES string of the molecule is CN=C(NCc1ccc(OC)cc1OC)NCC1CCN(CC(F)(F)F)C1.I. The highest BCUT2D eigenvalue weighted by atomic mass is 127. The van der Waals surface area contributed by atoms with E-state index < -0.39 is 12.7 Å². The number of hydrogen-bond donors (Lipinski definition) is 2. The van der Waals surface area contributed by atoms with Crippen LogP contribution in [0.2, 0.25) is 0 Å². The van der Waals surface area contributed by atoms with Crippen LogP contribution in [0.15, 0.2) is 23.2 Å². The van der Waals surface area contributed by atoms with Crippen molar-refractivity contribution < 1.29 is 22.6 Å². The Morgan fingerprint density at radius 3 is 2.61 bits per heavy atom. The first kappa shape index (κ1) is 24.6. The molecule has 0 saturated carbocycles. The van der Waals surface area contributed by atoms with Crippen molar-refractivity contribution >= 4 is 29.9 Å². The summed E-state index contributed by atoms with van der Waals surface area (Å²) in [5.41, 5.74) is 0.943. The van der Waals surface area contributed by atoms with Crippen molar-refractivity contribution in [3.05, 3.63) is 23.8 Å². The molecule has 1 saturated heterocycles. The van der Waals surface area contributed by atoms with Gasteiger partial charge in [-0.25, -0.2) is 0 Å². The summed E-state index contributed by atoms with van der Waals surface area (Å²) in [6, 6.07) is 5.56. The van der Waals surface area contributed by atoms with Gasteiger partial charge in [-0.2, -0.15) is 13.2 Å². The van der Waals surface area contributed by atoms with Gasteiger partial charge in [-0.15, -0.1) is 24.0 Å². The number of nitrogens with zero attached hydrogens (tertiary/aromatic N) is 2. The van der Waals surface area contributed by atoms with E-state index in [2.05, 4.69) is 15.6 Å². The number of hydrogen-bond acceptors (Lipinski definition) is 4. The van der Waals surface area contributed by atoms with Crippen molar-refractivity contribution in [2.24, 2.45) is 10.9 Å². The molecule has 0 bridgehead atoms. The molecule has 0 aromatic heterocycles. The molecule has 1 atom stereocenters. The summed E-state index contributed by atoms with van der Waals surface area (Å²) < 4.78 is 48.0. The maximum absolute atomic E-state index is 12.5. The van der Waals surface area contributed by atoms with Gasteiger partial charge >= 0.3 is 6.18 Å². The summed E-state index contributed by atoms with van der Waals surface area (Å²) in [5.74, 6) is 2.18. The quantitative estimate of drug-likeness (QED) is 0.332. The molecular formula is C18H28F3IN4O2. The van der Waals surface area contributed by atoms with Gasteiger partial charge in [0.2, 0.25) is 0 Å². The predicted molar refractivity (Wildman–Crippen MR) is 114 cm³/mol. The zero-order valence-corrected chi connectivity index (χ0v) is 18.6. The van der Waals surface area contributed by atoms with Gasteiger partial charge in [0, 0.05) is 38.3 Å². The lowest BCUT2D eigenvalue weighted by atomic mass is 10.1. The van der Waals surface area contributed by atoms with E-state index in [4.69, 9.17) is 9.47 Å². The third kappa shape index (κ3) is 7.90. The molecule has 10 heteroatoms. The molecule has 1 aromatic rings. The van der Waals surface area contributed by atoms with E-state index >= 15 is 0 Å². The predicted octanol–water partition coefficient (Wildman–Crippen LogP) is 2.87. The minimum absolute atomic E-state index is 0. The molecule has 1 heterocycles. The van der Waals surface area contributed by atoms with Gasteiger partial charge in [-0.1, -0.05) is 0 Å². The number of rotatable bonds is 7. The third-order valence-corrected chi connectivity index (χ3v) is 4.50. The largest absolute Gasteiger partial charge is 0.497 e. The maximum Gasteiger partial charge on any atom is 0.401 e. The number of nitrogens with one attached hydrogen (secondary N) is 2. The van der Waals surface area contributed by atoms with Gasteiger partial charge in [-0.3, -0.25) is 9.89 Å². The molecule has 1 fully saturated rings. The van der Waals surface area contributed by atoms with Crippen molar-refractivity contribution in [1.29, 1.82) is 0 Å². The van der Waals surface area contributed by atoms with Crippen molar-refractivity contribution in [3.63, 3.8) is 0 Å². The Labute approximate surface area is 180 Å². The first-order valence-electron chi connectivity index (χ1n) is 8.79. The average Bonchev–Trinajstić information content (AvgIpc) is 3.07. The topological polar surface area (TPSA) is 58.1 Å². The molecule has 6 nitrogen and oxygen atoms in total. The average molecular weight is 516 g/mol. The van der Waals surface area contributed by atoms with E-state index in [1.165, 1.54) is 4.90 Å². The van der Waals surface area contributed by atoms with E-state index in [0.29, 0.717) is 43.6 Å². The van der Waals surface area contributed by atoms with Gasteiger partial charge in [0.25, 0.3) is 0 Å². The maximum atomic E-state index is 12.5. The monoisotopic (exact) mass is 516 g/mol. The van der Waals surface area contributed by atoms with Gasteiger partial charge in [0.1, 0.15) is 11.5 Å². The van der Waals surface area contributed by atoms with E-state index in [-0.39, 0.29) is 29.9 Å². The smallest absolute Gasteiger partial charge is 0.401 e. The molecule has 1 unspecified atom stereocenters. The van der Waals surface area contributed by atoms with Crippen molar-refractivity contribution in [3.8, 4) is 11.5 Å². The van der Waals surface area contributed by atoms with Crippen molar-refractivity contribution in [2.45, 2.75) is 19.1 Å². The molecule has 160 valence electrons. The Kier molecular flexibility index (Phi) is 10.1. The van der Waals surface area contributed by atoms with Crippen molar-refractivity contribution in [1.82, 2.24) is 15.5 Å². The normalized spacial score (nSPS) is 17.8. The van der Waals surface area contributed by atoms with E-state index in [1.54, 1.807) is 27.3 Å². The van der Waals surface area contributed by atoms with Crippen LogP contribution in [0, 0.1) is 5.92 Å². The number of halogens is 4. The van der Waals surface area contributed by atoms with Gasteiger partial charge in [-0.05, 0) is 31.0 Å². The molecule has 0 amide bonds. The van der Waals surface area contributed by atoms with E-state index in [1.807, 2.05) is 12.1 Å². The fourth-order valence-electron chi connectivity index (χ4n) is 3.12. The zero-order valence-electron chi connectivity index (χ0n) is 16.3. The minimum atomic E-state index is -4.14. The molecule has 2 rings (SSSR count). The second-order valence-corrected chi connectivity index (χ2v) is 6.49. The fourth-order valence-corrected chi connectivity index (χ4v) is 3.12. The Balaban J connectivity index is 0.00000392. The molecule has 1 aliphatic heterocycles. The second kappa shape index (κ2) is 11.5. The summed E-state index contributed by atoms with van der Waals surface area (Å²) in [4.78, 5) is 5.62. The highest BCUT2D eigenvalue weighted by Crippen LogP contribution is 2.24. The highest BCUT2D eigenvalue weighted by molar-refractivity contribution is 14.0. The van der Waals surface area contributed by atoms with Crippen LogP contribution in [0.3, 0.4) is 0 Å². The van der Waals surface area contributed by atoms with E-state index in [9.17, 15) is 13.2 Å². The number of aliphatic imine (C=N–C) groups is 1. The summed E-state index contributed by atoms with van der Waals surface area (Å²) in [7, 11) is 4.85. The lowest BCUT2D eigenvalue weighted by Crippen LogP contribution is -2.40. The molecular weight excluding hydrogens is 488 g/mol. The third-order valence-electron chi connectivity index (χ3n) is 4.50. The van der Waals surface area contributed by atoms with Crippen molar-refractivity contribution in [2.75, 3.05) is 47.4 Å². The van der Waals surface area contributed by atoms with E-state index in [0.717, 1.165) is 12.0 Å². The summed E-state index contributed by atoms with van der Waals surface area (Å²) in [6.45, 7) is 1.15. The zero-order chi connectivity index (χ0) is 19.9. The number of benzene rings is 1. The summed E-state index contributed by atoms with van der Waals surface area (Å²) in [6.07, 6.45) is -3.40. The number of guanidine groups is 1. The number of likely N-dealkylation sites (tertiary alicyclic amines) is 1. The summed E-state index contributed by atoms with van der Waals surface area (Å²) >= 11 is 0. The first-order valence-corrected chi connectivity index (χ1v) is 8.79. The lowest BCUT2D eigenvalue weighted by molar-refractivity contribution is -0.143. The van der Waals surface area contributed by atoms with Crippen LogP contribution in [-0.4, -0.2) is 64.5 Å². The number of alkyl halides is 3. The second-order valence-electron chi connectivity index (χ2n) is 6.49. The summed E-state index contributed by atoms with van der Waals surface area (Å²) in [5, 5.41) is 6.39. The highest BCUT2D eigenvalue weighted by Gasteiger charge is 2.34. The van der Waals surface area contributed by atoms with Crippen LogP contribution in [0.1, 0.15) is 12.0 Å². The van der Waals surface area contributed by atoms with Gasteiger partial charge in [0.15, 0.2) is 5.96 Å². The number of ether oxygens (including phenoxy) is 2. The van der Waals surface area contributed by atoms with Gasteiger partial charge < -0.3 is 20.1 Å². The Hall–Kier alpha value is -1.43. The van der Waals surface area contributed by atoms with Crippen LogP contribution < -0.4 is 20.1 Å². The standard InChI is InChI=1S/C18H27F3N4O2.HI/c1-22-17(23-9-13-6-7-25(11-13)12-18(19,20)21)24-10-14-4-5-15(26-2)8-16(14)27-3;/h4-5,8,13H,6-7,9-12H2,1-3H3,(H2,22,23,24);1H. The molecule has 1 aromatic carbocycles. The minimum Gasteiger partial charge on any atom is -0.497 e. The van der Waals surface area contributed by atoms with Crippen LogP contribution in [0.25, 0.3) is 0 Å². The first-order chi connectivity index (χ1) is 12.8. The molecule has 0 aliphatic carbocycles. The lowest BCUT2D eigenvalue weighted by Gasteiger charge is -2.19. The fraction of sp³-hybridized carbons (Fsp3) is 0.611. The van der Waals surface area contributed by atoms with Crippen LogP contribution in [-0.2, 0) is 6.54 Å².